The van der Waals surface area contributed by atoms with Gasteiger partial charge in [-0.2, -0.15) is 0 Å². The zero-order valence-corrected chi connectivity index (χ0v) is 9.43. The molecule has 0 aliphatic heterocycles. The van der Waals surface area contributed by atoms with E-state index in [0.717, 1.165) is 10.8 Å². The molecule has 2 aromatic rings. The van der Waals surface area contributed by atoms with Gasteiger partial charge in [0.25, 0.3) is 0 Å². The highest BCUT2D eigenvalue weighted by Gasteiger charge is 2.10. The number of benzene rings is 2. The fourth-order valence-corrected chi connectivity index (χ4v) is 1.66. The van der Waals surface area contributed by atoms with Crippen molar-refractivity contribution in [3.05, 3.63) is 36.4 Å². The standard InChI is InChI=1S/C13H13NO3/c1-2-17-13(16)14-12-10-6-4-3-5-9(10)7-8-11(12)15/h3-8,15H,2H2,1H3,(H,14,16). The van der Waals surface area contributed by atoms with Gasteiger partial charge in [-0.05, 0) is 18.4 Å². The molecule has 0 aliphatic carbocycles. The lowest BCUT2D eigenvalue weighted by Crippen LogP contribution is -2.13. The Bertz CT molecular complexity index is 551. The molecule has 1 amide bonds. The van der Waals surface area contributed by atoms with Crippen molar-refractivity contribution in [2.24, 2.45) is 0 Å². The Balaban J connectivity index is 2.44. The van der Waals surface area contributed by atoms with Crippen LogP contribution in [-0.4, -0.2) is 17.8 Å². The van der Waals surface area contributed by atoms with Crippen LogP contribution in [0.4, 0.5) is 10.5 Å². The van der Waals surface area contributed by atoms with Gasteiger partial charge in [0.15, 0.2) is 0 Å². The second kappa shape index (κ2) is 4.74. The molecule has 2 aromatic carbocycles. The van der Waals surface area contributed by atoms with Gasteiger partial charge in [-0.25, -0.2) is 4.79 Å². The number of hydrogen-bond acceptors (Lipinski definition) is 3. The van der Waals surface area contributed by atoms with E-state index in [2.05, 4.69) is 5.32 Å². The van der Waals surface area contributed by atoms with E-state index in [0.29, 0.717) is 5.69 Å². The first-order valence-corrected chi connectivity index (χ1v) is 5.37. The second-order valence-electron chi connectivity index (χ2n) is 3.53. The normalized spacial score (nSPS) is 10.2. The number of fused-ring (bicyclic) bond motifs is 1. The fraction of sp³-hybridized carbons (Fsp3) is 0.154. The summed E-state index contributed by atoms with van der Waals surface area (Å²) >= 11 is 0. The molecular weight excluding hydrogens is 218 g/mol. The number of rotatable bonds is 2. The molecule has 17 heavy (non-hydrogen) atoms. The number of amides is 1. The van der Waals surface area contributed by atoms with Gasteiger partial charge >= 0.3 is 6.09 Å². The minimum atomic E-state index is -0.570. The molecule has 4 nitrogen and oxygen atoms in total. The second-order valence-corrected chi connectivity index (χ2v) is 3.53. The first-order chi connectivity index (χ1) is 8.22. The average Bonchev–Trinajstić information content (AvgIpc) is 2.33. The van der Waals surface area contributed by atoms with Crippen LogP contribution >= 0.6 is 0 Å². The van der Waals surface area contributed by atoms with Crippen molar-refractivity contribution in [3.8, 4) is 5.75 Å². The van der Waals surface area contributed by atoms with E-state index >= 15 is 0 Å². The highest BCUT2D eigenvalue weighted by Crippen LogP contribution is 2.32. The average molecular weight is 231 g/mol. The summed E-state index contributed by atoms with van der Waals surface area (Å²) in [5.74, 6) is 0.0248. The number of nitrogens with one attached hydrogen (secondary N) is 1. The summed E-state index contributed by atoms with van der Waals surface area (Å²) < 4.78 is 4.79. The highest BCUT2D eigenvalue weighted by atomic mass is 16.5. The summed E-state index contributed by atoms with van der Waals surface area (Å²) in [5, 5.41) is 14.0. The maximum absolute atomic E-state index is 11.4. The van der Waals surface area contributed by atoms with Crippen molar-refractivity contribution in [2.45, 2.75) is 6.92 Å². The molecule has 2 rings (SSSR count). The van der Waals surface area contributed by atoms with Gasteiger partial charge in [0.1, 0.15) is 5.75 Å². The lowest BCUT2D eigenvalue weighted by Gasteiger charge is -2.10. The minimum Gasteiger partial charge on any atom is -0.506 e. The molecule has 88 valence electrons. The predicted molar refractivity (Wildman–Crippen MR) is 66.3 cm³/mol. The molecule has 0 heterocycles. The molecule has 0 spiro atoms. The van der Waals surface area contributed by atoms with Gasteiger partial charge in [-0.15, -0.1) is 0 Å². The van der Waals surface area contributed by atoms with E-state index < -0.39 is 6.09 Å². The molecule has 2 N–H and O–H groups in total. The maximum atomic E-state index is 11.4. The molecule has 0 fully saturated rings. The molecule has 4 heteroatoms. The number of anilines is 1. The molecule has 0 atom stereocenters. The van der Waals surface area contributed by atoms with Gasteiger partial charge in [-0.3, -0.25) is 5.32 Å². The van der Waals surface area contributed by atoms with Crippen molar-refractivity contribution in [1.82, 2.24) is 0 Å². The third kappa shape index (κ3) is 2.30. The topological polar surface area (TPSA) is 58.6 Å². The molecular formula is C13H13NO3. The fourth-order valence-electron chi connectivity index (χ4n) is 1.66. The predicted octanol–water partition coefficient (Wildman–Crippen LogP) is 3.11. The first kappa shape index (κ1) is 11.3. The molecule has 0 saturated heterocycles. The molecule has 0 radical (unpaired) electrons. The van der Waals surface area contributed by atoms with Crippen LogP contribution in [-0.2, 0) is 4.74 Å². The third-order valence-electron chi connectivity index (χ3n) is 2.41. The van der Waals surface area contributed by atoms with Crippen LogP contribution in [0.15, 0.2) is 36.4 Å². The summed E-state index contributed by atoms with van der Waals surface area (Å²) in [6.45, 7) is 2.01. The Kier molecular flexibility index (Phi) is 3.14. The van der Waals surface area contributed by atoms with E-state index in [9.17, 15) is 9.90 Å². The van der Waals surface area contributed by atoms with E-state index in [-0.39, 0.29) is 12.4 Å². The van der Waals surface area contributed by atoms with Crippen LogP contribution in [0.3, 0.4) is 0 Å². The largest absolute Gasteiger partial charge is 0.506 e. The van der Waals surface area contributed by atoms with Crippen LogP contribution in [0.1, 0.15) is 6.92 Å². The van der Waals surface area contributed by atoms with Gasteiger partial charge in [0.2, 0.25) is 0 Å². The van der Waals surface area contributed by atoms with E-state index in [1.54, 1.807) is 19.1 Å². The molecule has 0 aromatic heterocycles. The van der Waals surface area contributed by atoms with Crippen LogP contribution < -0.4 is 5.32 Å². The van der Waals surface area contributed by atoms with Crippen LogP contribution in [0, 0.1) is 0 Å². The Morgan fingerprint density at radius 2 is 2.06 bits per heavy atom. The highest BCUT2D eigenvalue weighted by molar-refractivity contribution is 6.02. The van der Waals surface area contributed by atoms with Gasteiger partial charge in [0, 0.05) is 5.39 Å². The zero-order valence-electron chi connectivity index (χ0n) is 9.43. The Morgan fingerprint density at radius 3 is 2.82 bits per heavy atom. The summed E-state index contributed by atoms with van der Waals surface area (Å²) in [6.07, 6.45) is -0.570. The number of phenolic OH excluding ortho intramolecular Hbond substituents is 1. The molecule has 0 saturated carbocycles. The minimum absolute atomic E-state index is 0.0248. The number of carbonyl (C=O) groups is 1. The number of carbonyl (C=O) groups excluding carboxylic acids is 1. The van der Waals surface area contributed by atoms with Crippen molar-refractivity contribution >= 4 is 22.6 Å². The van der Waals surface area contributed by atoms with Crippen LogP contribution in [0.25, 0.3) is 10.8 Å². The van der Waals surface area contributed by atoms with Crippen LogP contribution in [0.5, 0.6) is 5.75 Å². The SMILES string of the molecule is CCOC(=O)Nc1c(O)ccc2ccccc12. The van der Waals surface area contributed by atoms with Gasteiger partial charge in [-0.1, -0.05) is 30.3 Å². The monoisotopic (exact) mass is 231 g/mol. The smallest absolute Gasteiger partial charge is 0.411 e. The van der Waals surface area contributed by atoms with Crippen molar-refractivity contribution in [3.63, 3.8) is 0 Å². The number of hydrogen-bond donors (Lipinski definition) is 2. The molecule has 0 bridgehead atoms. The Labute approximate surface area is 98.8 Å². The third-order valence-corrected chi connectivity index (χ3v) is 2.41. The maximum Gasteiger partial charge on any atom is 0.411 e. The zero-order chi connectivity index (χ0) is 12.3. The van der Waals surface area contributed by atoms with E-state index in [4.69, 9.17) is 4.74 Å². The van der Waals surface area contributed by atoms with Crippen molar-refractivity contribution in [1.29, 1.82) is 0 Å². The number of ether oxygens (including phenoxy) is 1. The van der Waals surface area contributed by atoms with Crippen molar-refractivity contribution in [2.75, 3.05) is 11.9 Å². The van der Waals surface area contributed by atoms with E-state index in [1.165, 1.54) is 0 Å². The summed E-state index contributed by atoms with van der Waals surface area (Å²) in [7, 11) is 0. The van der Waals surface area contributed by atoms with Gasteiger partial charge in [0.05, 0.1) is 12.3 Å². The van der Waals surface area contributed by atoms with E-state index in [1.807, 2.05) is 24.3 Å². The number of phenols is 1. The summed E-state index contributed by atoms with van der Waals surface area (Å²) in [4.78, 5) is 11.4. The van der Waals surface area contributed by atoms with Crippen LogP contribution in [0.2, 0.25) is 0 Å². The van der Waals surface area contributed by atoms with Gasteiger partial charge < -0.3 is 9.84 Å². The summed E-state index contributed by atoms with van der Waals surface area (Å²) in [5.41, 5.74) is 0.376. The Morgan fingerprint density at radius 1 is 1.29 bits per heavy atom. The quantitative estimate of drug-likeness (QED) is 0.781. The molecule has 0 unspecified atom stereocenters. The number of aromatic hydroxyl groups is 1. The lowest BCUT2D eigenvalue weighted by atomic mass is 10.1. The first-order valence-electron chi connectivity index (χ1n) is 5.37. The lowest BCUT2D eigenvalue weighted by molar-refractivity contribution is 0.168. The Hall–Kier alpha value is -2.23. The summed E-state index contributed by atoms with van der Waals surface area (Å²) in [6, 6.07) is 10.8. The molecule has 0 aliphatic rings. The van der Waals surface area contributed by atoms with Crippen molar-refractivity contribution < 1.29 is 14.6 Å².